The molecular formula is C13H11N3O5. The van der Waals surface area contributed by atoms with Gasteiger partial charge in [-0.05, 0) is 12.5 Å². The van der Waals surface area contributed by atoms with Crippen molar-refractivity contribution in [2.45, 2.75) is 25.4 Å². The van der Waals surface area contributed by atoms with Crippen LogP contribution < -0.4 is 5.32 Å². The van der Waals surface area contributed by atoms with E-state index in [0.717, 1.165) is 0 Å². The molecular weight excluding hydrogens is 278 g/mol. The minimum Gasteiger partial charge on any atom is -0.322 e. The summed E-state index contributed by atoms with van der Waals surface area (Å²) in [5.74, 6) is -1.32. The Hall–Kier alpha value is -2.77. The number of carbonyl (C=O) groups excluding carboxylic acids is 3. The maximum atomic E-state index is 12.3. The lowest BCUT2D eigenvalue weighted by Gasteiger charge is -2.29. The predicted octanol–water partition coefficient (Wildman–Crippen LogP) is 0.356. The van der Waals surface area contributed by atoms with E-state index in [2.05, 4.69) is 5.32 Å². The van der Waals surface area contributed by atoms with Crippen LogP contribution in [0.5, 0.6) is 0 Å². The zero-order chi connectivity index (χ0) is 15.1. The van der Waals surface area contributed by atoms with Crippen molar-refractivity contribution in [3.63, 3.8) is 0 Å². The second-order valence-corrected chi connectivity index (χ2v) is 4.96. The highest BCUT2D eigenvalue weighted by molar-refractivity contribution is 6.05. The molecule has 0 bridgehead atoms. The van der Waals surface area contributed by atoms with Crippen LogP contribution in [0, 0.1) is 10.1 Å². The molecule has 1 atom stereocenters. The number of imide groups is 1. The van der Waals surface area contributed by atoms with Crippen molar-refractivity contribution in [3.8, 4) is 0 Å². The summed E-state index contributed by atoms with van der Waals surface area (Å²) < 4.78 is 0. The smallest absolute Gasteiger partial charge is 0.275 e. The topological polar surface area (TPSA) is 110 Å². The number of nitrogens with one attached hydrogen (secondary N) is 1. The van der Waals surface area contributed by atoms with Crippen molar-refractivity contribution < 1.29 is 19.3 Å². The summed E-state index contributed by atoms with van der Waals surface area (Å²) >= 11 is 0. The van der Waals surface area contributed by atoms with E-state index < -0.39 is 22.8 Å². The fourth-order valence-corrected chi connectivity index (χ4v) is 2.74. The normalized spacial score (nSPS) is 21.2. The lowest BCUT2D eigenvalue weighted by Crippen LogP contribution is -2.52. The zero-order valence-corrected chi connectivity index (χ0v) is 10.9. The number of nitro groups is 1. The van der Waals surface area contributed by atoms with E-state index in [4.69, 9.17) is 0 Å². The highest BCUT2D eigenvalue weighted by Gasteiger charge is 2.41. The number of benzene rings is 1. The molecule has 0 spiro atoms. The monoisotopic (exact) mass is 289 g/mol. The van der Waals surface area contributed by atoms with E-state index in [1.807, 2.05) is 0 Å². The SMILES string of the molecule is O=C1CC[C@@H](N2Cc3c(cccc3[N+](=O)[O-])C2=O)C(=O)N1. The summed E-state index contributed by atoms with van der Waals surface area (Å²) in [7, 11) is 0. The Balaban J connectivity index is 1.94. The minimum absolute atomic E-state index is 0.0115. The molecule has 1 fully saturated rings. The first-order chi connectivity index (χ1) is 9.99. The van der Waals surface area contributed by atoms with E-state index in [0.29, 0.717) is 5.56 Å². The standard InChI is InChI=1S/C13H11N3O5/c17-11-5-4-10(12(18)14-11)15-6-8-7(13(15)19)2-1-3-9(8)16(20)21/h1-3,10H,4-6H2,(H,14,17,18)/t10-/m1/s1. The lowest BCUT2D eigenvalue weighted by molar-refractivity contribution is -0.385. The van der Waals surface area contributed by atoms with Gasteiger partial charge >= 0.3 is 0 Å². The Morgan fingerprint density at radius 3 is 2.71 bits per heavy atom. The molecule has 2 aliphatic rings. The van der Waals surface area contributed by atoms with Gasteiger partial charge in [-0.25, -0.2) is 0 Å². The Kier molecular flexibility index (Phi) is 2.93. The summed E-state index contributed by atoms with van der Waals surface area (Å²) in [5, 5.41) is 13.2. The largest absolute Gasteiger partial charge is 0.322 e. The van der Waals surface area contributed by atoms with Crippen molar-refractivity contribution in [3.05, 3.63) is 39.4 Å². The van der Waals surface area contributed by atoms with Crippen LogP contribution in [0.4, 0.5) is 5.69 Å². The minimum atomic E-state index is -0.762. The molecule has 0 aromatic heterocycles. The Morgan fingerprint density at radius 2 is 2.05 bits per heavy atom. The Morgan fingerprint density at radius 1 is 1.29 bits per heavy atom. The summed E-state index contributed by atoms with van der Waals surface area (Å²) in [6, 6.07) is 3.53. The molecule has 0 unspecified atom stereocenters. The molecule has 0 saturated carbocycles. The number of nitrogens with zero attached hydrogens (tertiary/aromatic N) is 2. The van der Waals surface area contributed by atoms with Crippen LogP contribution in [-0.2, 0) is 16.1 Å². The number of carbonyl (C=O) groups is 3. The Bertz CT molecular complexity index is 684. The van der Waals surface area contributed by atoms with E-state index in [9.17, 15) is 24.5 Å². The van der Waals surface area contributed by atoms with Crippen molar-refractivity contribution in [1.29, 1.82) is 0 Å². The van der Waals surface area contributed by atoms with Crippen LogP contribution in [0.3, 0.4) is 0 Å². The molecule has 21 heavy (non-hydrogen) atoms. The van der Waals surface area contributed by atoms with E-state index in [1.165, 1.54) is 23.1 Å². The number of amides is 3. The fourth-order valence-electron chi connectivity index (χ4n) is 2.74. The van der Waals surface area contributed by atoms with Crippen LogP contribution in [0.2, 0.25) is 0 Å². The molecule has 8 nitrogen and oxygen atoms in total. The highest BCUT2D eigenvalue weighted by Crippen LogP contribution is 2.33. The lowest BCUT2D eigenvalue weighted by atomic mass is 10.0. The molecule has 3 amide bonds. The van der Waals surface area contributed by atoms with Crippen molar-refractivity contribution in [1.82, 2.24) is 10.2 Å². The Labute approximate surface area is 118 Å². The van der Waals surface area contributed by atoms with Gasteiger partial charge in [-0.2, -0.15) is 0 Å². The van der Waals surface area contributed by atoms with Gasteiger partial charge in [-0.15, -0.1) is 0 Å². The third kappa shape index (κ3) is 2.04. The van der Waals surface area contributed by atoms with E-state index in [1.54, 1.807) is 0 Å². The second-order valence-electron chi connectivity index (χ2n) is 4.96. The molecule has 1 aromatic rings. The first kappa shape index (κ1) is 13.2. The van der Waals surface area contributed by atoms with Crippen LogP contribution in [0.15, 0.2) is 18.2 Å². The van der Waals surface area contributed by atoms with Crippen LogP contribution in [0.25, 0.3) is 0 Å². The van der Waals surface area contributed by atoms with Gasteiger partial charge in [0.15, 0.2) is 0 Å². The number of fused-ring (bicyclic) bond motifs is 1. The third-order valence-corrected chi connectivity index (χ3v) is 3.75. The zero-order valence-electron chi connectivity index (χ0n) is 10.9. The molecule has 1 aromatic carbocycles. The average molecular weight is 289 g/mol. The van der Waals surface area contributed by atoms with Gasteiger partial charge in [-0.1, -0.05) is 6.07 Å². The van der Waals surface area contributed by atoms with Gasteiger partial charge in [0.05, 0.1) is 22.6 Å². The highest BCUT2D eigenvalue weighted by atomic mass is 16.6. The molecule has 2 heterocycles. The van der Waals surface area contributed by atoms with Gasteiger partial charge in [-0.3, -0.25) is 29.8 Å². The first-order valence-electron chi connectivity index (χ1n) is 6.40. The van der Waals surface area contributed by atoms with Crippen LogP contribution in [0.1, 0.15) is 28.8 Å². The maximum absolute atomic E-state index is 12.3. The third-order valence-electron chi connectivity index (χ3n) is 3.75. The number of hydrogen-bond donors (Lipinski definition) is 1. The first-order valence-corrected chi connectivity index (χ1v) is 6.40. The molecule has 0 aliphatic carbocycles. The summed E-state index contributed by atoms with van der Waals surface area (Å²) in [5.41, 5.74) is 0.432. The molecule has 108 valence electrons. The van der Waals surface area contributed by atoms with Crippen molar-refractivity contribution in [2.75, 3.05) is 0 Å². The molecule has 0 radical (unpaired) electrons. The number of rotatable bonds is 2. The fraction of sp³-hybridized carbons (Fsp3) is 0.308. The summed E-state index contributed by atoms with van der Waals surface area (Å²) in [6.07, 6.45) is 0.386. The van der Waals surface area contributed by atoms with E-state index >= 15 is 0 Å². The average Bonchev–Trinajstić information content (AvgIpc) is 2.76. The molecule has 3 rings (SSSR count). The molecule has 1 N–H and O–H groups in total. The van der Waals surface area contributed by atoms with Gasteiger partial charge < -0.3 is 4.90 Å². The van der Waals surface area contributed by atoms with Crippen LogP contribution >= 0.6 is 0 Å². The van der Waals surface area contributed by atoms with Gasteiger partial charge in [0.25, 0.3) is 11.6 Å². The quantitative estimate of drug-likeness (QED) is 0.480. The van der Waals surface area contributed by atoms with E-state index in [-0.39, 0.29) is 36.5 Å². The molecule has 1 saturated heterocycles. The molecule has 8 heteroatoms. The van der Waals surface area contributed by atoms with Gasteiger partial charge in [0.1, 0.15) is 6.04 Å². The summed E-state index contributed by atoms with van der Waals surface area (Å²) in [4.78, 5) is 47.1. The van der Waals surface area contributed by atoms with Gasteiger partial charge in [0, 0.05) is 12.5 Å². The number of nitro benzene ring substituents is 1. The van der Waals surface area contributed by atoms with Gasteiger partial charge in [0.2, 0.25) is 11.8 Å². The number of piperidine rings is 1. The summed E-state index contributed by atoms with van der Waals surface area (Å²) in [6.45, 7) is 0.0115. The molecule has 2 aliphatic heterocycles. The maximum Gasteiger partial charge on any atom is 0.275 e. The van der Waals surface area contributed by atoms with Crippen LogP contribution in [-0.4, -0.2) is 33.6 Å². The predicted molar refractivity (Wildman–Crippen MR) is 69.1 cm³/mol. The van der Waals surface area contributed by atoms with Crippen molar-refractivity contribution in [2.24, 2.45) is 0 Å². The number of hydrogen-bond acceptors (Lipinski definition) is 5. The second kappa shape index (κ2) is 4.65. The van der Waals surface area contributed by atoms with Crippen molar-refractivity contribution >= 4 is 23.4 Å².